The number of aromatic hydroxyl groups is 1. The van der Waals surface area contributed by atoms with Gasteiger partial charge in [0.15, 0.2) is 0 Å². The molecule has 5 heteroatoms. The molecule has 0 aliphatic carbocycles. The number of hydrogen-bond donors (Lipinski definition) is 2. The maximum Gasteiger partial charge on any atom is 0.134 e. The Bertz CT molecular complexity index is 616. The first-order valence-electron chi connectivity index (χ1n) is 6.13. The Morgan fingerprint density at radius 3 is 2.30 bits per heavy atom. The SMILES string of the molecule is NCC(Cc1ccc(O)c(Cl)c1)c1ccc(Cl)c(Cl)c1. The van der Waals surface area contributed by atoms with E-state index >= 15 is 0 Å². The highest BCUT2D eigenvalue weighted by Crippen LogP contribution is 2.30. The van der Waals surface area contributed by atoms with Gasteiger partial charge in [-0.3, -0.25) is 0 Å². The molecule has 0 spiro atoms. The van der Waals surface area contributed by atoms with Gasteiger partial charge in [-0.15, -0.1) is 0 Å². The third-order valence-corrected chi connectivity index (χ3v) is 4.24. The fourth-order valence-corrected chi connectivity index (χ4v) is 2.58. The molecule has 0 aliphatic rings. The zero-order chi connectivity index (χ0) is 14.7. The highest BCUT2D eigenvalue weighted by atomic mass is 35.5. The summed E-state index contributed by atoms with van der Waals surface area (Å²) in [5, 5.41) is 10.8. The molecule has 0 aliphatic heterocycles. The third-order valence-electron chi connectivity index (χ3n) is 3.19. The van der Waals surface area contributed by atoms with Crippen LogP contribution in [0.5, 0.6) is 5.75 Å². The highest BCUT2D eigenvalue weighted by Gasteiger charge is 2.13. The molecule has 2 nitrogen and oxygen atoms in total. The van der Waals surface area contributed by atoms with Gasteiger partial charge in [0.25, 0.3) is 0 Å². The Morgan fingerprint density at radius 1 is 0.950 bits per heavy atom. The lowest BCUT2D eigenvalue weighted by Gasteiger charge is -2.16. The molecule has 2 rings (SSSR count). The van der Waals surface area contributed by atoms with Crippen molar-refractivity contribution in [2.24, 2.45) is 5.73 Å². The number of halogens is 3. The van der Waals surface area contributed by atoms with Crippen LogP contribution in [-0.4, -0.2) is 11.7 Å². The van der Waals surface area contributed by atoms with Gasteiger partial charge in [-0.25, -0.2) is 0 Å². The summed E-state index contributed by atoms with van der Waals surface area (Å²) >= 11 is 17.9. The molecule has 0 fully saturated rings. The van der Waals surface area contributed by atoms with Crippen LogP contribution in [0, 0.1) is 0 Å². The van der Waals surface area contributed by atoms with Crippen molar-refractivity contribution in [3.05, 3.63) is 62.6 Å². The van der Waals surface area contributed by atoms with E-state index in [0.29, 0.717) is 28.0 Å². The fraction of sp³-hybridized carbons (Fsp3) is 0.200. The minimum atomic E-state index is 0.0780. The lowest BCUT2D eigenvalue weighted by molar-refractivity contribution is 0.475. The monoisotopic (exact) mass is 329 g/mol. The summed E-state index contributed by atoms with van der Waals surface area (Å²) in [6.45, 7) is 0.483. The molecular weight excluding hydrogens is 317 g/mol. The molecule has 1 unspecified atom stereocenters. The van der Waals surface area contributed by atoms with E-state index in [-0.39, 0.29) is 11.7 Å². The molecule has 0 radical (unpaired) electrons. The van der Waals surface area contributed by atoms with Crippen LogP contribution >= 0.6 is 34.8 Å². The zero-order valence-corrected chi connectivity index (χ0v) is 12.9. The molecule has 1 atom stereocenters. The molecule has 106 valence electrons. The van der Waals surface area contributed by atoms with E-state index in [9.17, 15) is 5.11 Å². The number of phenols is 1. The predicted molar refractivity (Wildman–Crippen MR) is 85.1 cm³/mol. The van der Waals surface area contributed by atoms with Crippen molar-refractivity contribution in [3.8, 4) is 5.75 Å². The van der Waals surface area contributed by atoms with Crippen molar-refractivity contribution in [2.45, 2.75) is 12.3 Å². The van der Waals surface area contributed by atoms with Gasteiger partial charge >= 0.3 is 0 Å². The number of benzene rings is 2. The summed E-state index contributed by atoms with van der Waals surface area (Å²) < 4.78 is 0. The predicted octanol–water partition coefficient (Wildman–Crippen LogP) is 4.64. The van der Waals surface area contributed by atoms with Gasteiger partial charge in [0, 0.05) is 5.92 Å². The lowest BCUT2D eigenvalue weighted by atomic mass is 9.92. The number of phenolic OH excluding ortho intramolecular Hbond substituents is 1. The Balaban J connectivity index is 2.23. The quantitative estimate of drug-likeness (QED) is 0.858. The van der Waals surface area contributed by atoms with Crippen LogP contribution in [0.2, 0.25) is 15.1 Å². The number of hydrogen-bond acceptors (Lipinski definition) is 2. The van der Waals surface area contributed by atoms with E-state index in [4.69, 9.17) is 40.5 Å². The number of rotatable bonds is 4. The normalized spacial score (nSPS) is 12.4. The van der Waals surface area contributed by atoms with Crippen molar-refractivity contribution < 1.29 is 5.11 Å². The summed E-state index contributed by atoms with van der Waals surface area (Å²) in [7, 11) is 0. The van der Waals surface area contributed by atoms with Gasteiger partial charge in [-0.2, -0.15) is 0 Å². The first-order valence-corrected chi connectivity index (χ1v) is 7.27. The Labute approximate surface area is 133 Å². The van der Waals surface area contributed by atoms with Crippen molar-refractivity contribution in [3.63, 3.8) is 0 Å². The Kier molecular flexibility index (Phi) is 5.17. The molecule has 20 heavy (non-hydrogen) atoms. The van der Waals surface area contributed by atoms with Crippen LogP contribution in [-0.2, 0) is 6.42 Å². The molecule has 0 saturated heterocycles. The van der Waals surface area contributed by atoms with Gasteiger partial charge in [-0.1, -0.05) is 46.9 Å². The molecule has 2 aromatic rings. The smallest absolute Gasteiger partial charge is 0.134 e. The maximum absolute atomic E-state index is 9.43. The second kappa shape index (κ2) is 6.68. The van der Waals surface area contributed by atoms with Crippen LogP contribution in [0.4, 0.5) is 0 Å². The fourth-order valence-electron chi connectivity index (χ4n) is 2.07. The third kappa shape index (κ3) is 3.58. The average Bonchev–Trinajstić information content (AvgIpc) is 2.43. The van der Waals surface area contributed by atoms with Gasteiger partial charge in [-0.05, 0) is 48.4 Å². The molecule has 3 N–H and O–H groups in total. The van der Waals surface area contributed by atoms with Crippen molar-refractivity contribution in [2.75, 3.05) is 6.54 Å². The molecule has 0 aromatic heterocycles. The average molecular weight is 331 g/mol. The molecule has 2 aromatic carbocycles. The molecule has 0 heterocycles. The first kappa shape index (κ1) is 15.5. The van der Waals surface area contributed by atoms with Gasteiger partial charge in [0.05, 0.1) is 15.1 Å². The summed E-state index contributed by atoms with van der Waals surface area (Å²) in [5.74, 6) is 0.194. The molecule has 0 saturated carbocycles. The minimum Gasteiger partial charge on any atom is -0.506 e. The van der Waals surface area contributed by atoms with E-state index in [1.54, 1.807) is 18.2 Å². The standard InChI is InChI=1S/C15H14Cl3NO/c16-12-3-2-10(7-13(12)17)11(8-19)5-9-1-4-15(20)14(18)6-9/h1-4,6-7,11,20H,5,8,19H2. The molecule has 0 amide bonds. The van der Waals surface area contributed by atoms with Crippen molar-refractivity contribution in [1.29, 1.82) is 0 Å². The maximum atomic E-state index is 9.43. The molecule has 0 bridgehead atoms. The van der Waals surface area contributed by atoms with E-state index in [2.05, 4.69) is 0 Å². The van der Waals surface area contributed by atoms with Gasteiger partial charge in [0.2, 0.25) is 0 Å². The Morgan fingerprint density at radius 2 is 1.70 bits per heavy atom. The van der Waals surface area contributed by atoms with Gasteiger partial charge < -0.3 is 10.8 Å². The van der Waals surface area contributed by atoms with E-state index in [1.807, 2.05) is 18.2 Å². The minimum absolute atomic E-state index is 0.0780. The van der Waals surface area contributed by atoms with Crippen LogP contribution in [0.3, 0.4) is 0 Å². The van der Waals surface area contributed by atoms with Crippen LogP contribution in [0.15, 0.2) is 36.4 Å². The summed E-state index contributed by atoms with van der Waals surface area (Å²) in [4.78, 5) is 0. The summed E-state index contributed by atoms with van der Waals surface area (Å²) in [6, 6.07) is 10.7. The molecular formula is C15H14Cl3NO. The van der Waals surface area contributed by atoms with Crippen molar-refractivity contribution in [1.82, 2.24) is 0 Å². The largest absolute Gasteiger partial charge is 0.506 e. The van der Waals surface area contributed by atoms with Gasteiger partial charge in [0.1, 0.15) is 5.75 Å². The van der Waals surface area contributed by atoms with E-state index < -0.39 is 0 Å². The van der Waals surface area contributed by atoms with E-state index in [1.165, 1.54) is 0 Å². The zero-order valence-electron chi connectivity index (χ0n) is 10.6. The topological polar surface area (TPSA) is 46.2 Å². The second-order valence-corrected chi connectivity index (χ2v) is 5.82. The van der Waals surface area contributed by atoms with Crippen LogP contribution in [0.1, 0.15) is 17.0 Å². The van der Waals surface area contributed by atoms with E-state index in [0.717, 1.165) is 11.1 Å². The van der Waals surface area contributed by atoms with Crippen molar-refractivity contribution >= 4 is 34.8 Å². The van der Waals surface area contributed by atoms with Crippen LogP contribution < -0.4 is 5.73 Å². The van der Waals surface area contributed by atoms with Crippen LogP contribution in [0.25, 0.3) is 0 Å². The number of nitrogens with two attached hydrogens (primary N) is 1. The Hall–Kier alpha value is -0.930. The first-order chi connectivity index (χ1) is 9.51. The lowest BCUT2D eigenvalue weighted by Crippen LogP contribution is -2.15. The highest BCUT2D eigenvalue weighted by molar-refractivity contribution is 6.42. The second-order valence-electron chi connectivity index (χ2n) is 4.60. The summed E-state index contributed by atoms with van der Waals surface area (Å²) in [5.41, 5.74) is 7.89. The summed E-state index contributed by atoms with van der Waals surface area (Å²) in [6.07, 6.45) is 0.717.